The van der Waals surface area contributed by atoms with E-state index in [1.54, 1.807) is 6.07 Å². The molecule has 0 fully saturated rings. The van der Waals surface area contributed by atoms with Crippen LogP contribution in [0.2, 0.25) is 5.15 Å². The Hall–Kier alpha value is -2.65. The zero-order valence-corrected chi connectivity index (χ0v) is 17.4. The van der Waals surface area contributed by atoms with Crippen molar-refractivity contribution in [1.29, 1.82) is 0 Å². The Balaban J connectivity index is 2.16. The highest BCUT2D eigenvalue weighted by Gasteiger charge is 2.28. The molecule has 0 aromatic carbocycles. The molecule has 162 valence electrons. The van der Waals surface area contributed by atoms with Crippen molar-refractivity contribution < 1.29 is 26.9 Å². The predicted molar refractivity (Wildman–Crippen MR) is 106 cm³/mol. The molecule has 1 unspecified atom stereocenters. The second-order valence-electron chi connectivity index (χ2n) is 6.00. The number of halogens is 4. The van der Waals surface area contributed by atoms with Crippen LogP contribution in [-0.2, 0) is 15.6 Å². The zero-order chi connectivity index (χ0) is 22.3. The van der Waals surface area contributed by atoms with Gasteiger partial charge in [0.1, 0.15) is 11.4 Å². The molecule has 2 aromatic heterocycles. The van der Waals surface area contributed by atoms with E-state index in [0.29, 0.717) is 10.4 Å². The fraction of sp³-hybridized carbons (Fsp3) is 0.412. The number of carbonyl (C=O) groups excluding carboxylic acids is 1. The summed E-state index contributed by atoms with van der Waals surface area (Å²) >= 11 is 6.16. The van der Waals surface area contributed by atoms with Crippen molar-refractivity contribution in [3.8, 4) is 11.8 Å². The second kappa shape index (κ2) is 10.4. The molecule has 13 heteroatoms. The summed E-state index contributed by atoms with van der Waals surface area (Å²) in [7, 11) is -0.346. The van der Waals surface area contributed by atoms with Gasteiger partial charge in [-0.15, -0.1) is 0 Å². The third-order valence-corrected chi connectivity index (χ3v) is 5.40. The molecule has 2 aromatic rings. The van der Waals surface area contributed by atoms with Gasteiger partial charge in [-0.1, -0.05) is 16.4 Å². The summed E-state index contributed by atoms with van der Waals surface area (Å²) in [6, 6.07) is 5.72. The molecule has 2 heterocycles. The number of rotatable bonds is 8. The van der Waals surface area contributed by atoms with Gasteiger partial charge in [0.2, 0.25) is 12.1 Å². The quantitative estimate of drug-likeness (QED) is 0.341. The van der Waals surface area contributed by atoms with Crippen molar-refractivity contribution in [3.05, 3.63) is 45.9 Å². The van der Waals surface area contributed by atoms with Crippen molar-refractivity contribution in [2.24, 2.45) is 0 Å². The number of hydrogen-bond donors (Lipinski definition) is 0. The lowest BCUT2D eigenvalue weighted by molar-refractivity contribution is -0.605. The first kappa shape index (κ1) is 23.6. The first-order valence-electron chi connectivity index (χ1n) is 8.59. The van der Waals surface area contributed by atoms with Crippen molar-refractivity contribution in [2.45, 2.75) is 19.0 Å². The maximum atomic E-state index is 12.6. The van der Waals surface area contributed by atoms with Gasteiger partial charge in [0.15, 0.2) is 17.9 Å². The standard InChI is InChI=1S/C17H18ClF3N5O3S/c1-22-6-8-25(15(27)4-9-30(29)10-5-17(19,20)21)14-12-26(23-16(14)18)13-3-2-7-24(28)11-13/h2-3,7,11-12H,4-5,8-10H2,1H3/q+1. The number of hydrogen-bond acceptors (Lipinski definition) is 4. The highest BCUT2D eigenvalue weighted by atomic mass is 35.5. The molecule has 1 atom stereocenters. The average molecular weight is 465 g/mol. The first-order chi connectivity index (χ1) is 14.1. The highest BCUT2D eigenvalue weighted by molar-refractivity contribution is 7.84. The van der Waals surface area contributed by atoms with Gasteiger partial charge in [-0.3, -0.25) is 13.9 Å². The summed E-state index contributed by atoms with van der Waals surface area (Å²) in [4.78, 5) is 17.5. The fourth-order valence-corrected chi connectivity index (χ4v) is 3.65. The maximum Gasteiger partial charge on any atom is 0.390 e. The smallest absolute Gasteiger partial charge is 0.390 e. The van der Waals surface area contributed by atoms with Crippen LogP contribution in [0, 0.1) is 11.3 Å². The Bertz CT molecular complexity index is 987. The topological polar surface area (TPSA) is 86.5 Å². The van der Waals surface area contributed by atoms with Crippen LogP contribution in [0.1, 0.15) is 12.8 Å². The van der Waals surface area contributed by atoms with Crippen molar-refractivity contribution in [1.82, 2.24) is 9.78 Å². The molecule has 0 aliphatic rings. The molecule has 0 saturated heterocycles. The van der Waals surface area contributed by atoms with Gasteiger partial charge in [0.25, 0.3) is 13.1 Å². The average Bonchev–Trinajstić information content (AvgIpc) is 3.06. The van der Waals surface area contributed by atoms with Crippen LogP contribution in [0.4, 0.5) is 18.9 Å². The molecule has 0 saturated carbocycles. The van der Waals surface area contributed by atoms with Crippen molar-refractivity contribution in [2.75, 3.05) is 30.0 Å². The van der Waals surface area contributed by atoms with Gasteiger partial charge in [0, 0.05) is 34.8 Å². The summed E-state index contributed by atoms with van der Waals surface area (Å²) in [6.45, 7) is -0.0910. The maximum absolute atomic E-state index is 12.6. The lowest BCUT2D eigenvalue weighted by atomic mass is 10.3. The number of carbonyl (C=O) groups is 1. The molecule has 30 heavy (non-hydrogen) atoms. The van der Waals surface area contributed by atoms with E-state index in [0.717, 1.165) is 0 Å². The van der Waals surface area contributed by atoms with Crippen LogP contribution >= 0.6 is 11.6 Å². The number of amides is 1. The third kappa shape index (κ3) is 7.00. The van der Waals surface area contributed by atoms with Crippen LogP contribution in [0.5, 0.6) is 0 Å². The number of alkyl halides is 3. The molecular weight excluding hydrogens is 447 g/mol. The molecule has 1 amide bonds. The molecule has 0 N–H and O–H groups in total. The Kier molecular flexibility index (Phi) is 8.19. The van der Waals surface area contributed by atoms with Crippen molar-refractivity contribution in [3.63, 3.8) is 0 Å². The van der Waals surface area contributed by atoms with Gasteiger partial charge in [-0.05, 0) is 6.07 Å². The number of pyridine rings is 1. The second-order valence-corrected chi connectivity index (χ2v) is 8.05. The van der Waals surface area contributed by atoms with Gasteiger partial charge >= 0.3 is 6.18 Å². The molecule has 0 spiro atoms. The minimum Gasteiger partial charge on any atom is -0.619 e. The highest BCUT2D eigenvalue weighted by Crippen LogP contribution is 2.26. The Morgan fingerprint density at radius 1 is 1.47 bits per heavy atom. The monoisotopic (exact) mass is 464 g/mol. The Morgan fingerprint density at radius 3 is 2.83 bits per heavy atom. The lowest BCUT2D eigenvalue weighted by Crippen LogP contribution is -2.32. The summed E-state index contributed by atoms with van der Waals surface area (Å²) < 4.78 is 50.4. The summed E-state index contributed by atoms with van der Waals surface area (Å²) in [5.41, 5.74) is 0.592. The van der Waals surface area contributed by atoms with Crippen LogP contribution < -0.4 is 9.63 Å². The minimum absolute atomic E-state index is 0.0410. The summed E-state index contributed by atoms with van der Waals surface area (Å²) in [5.74, 6) is -1.32. The van der Waals surface area contributed by atoms with E-state index < -0.39 is 35.1 Å². The Morgan fingerprint density at radius 2 is 2.20 bits per heavy atom. The zero-order valence-electron chi connectivity index (χ0n) is 15.8. The number of nitrogens with zero attached hydrogens (tertiary/aromatic N) is 5. The molecule has 0 aliphatic heterocycles. The largest absolute Gasteiger partial charge is 0.619 e. The molecule has 2 rings (SSSR count). The number of aromatic nitrogens is 3. The first-order valence-corrected chi connectivity index (χ1v) is 10.5. The predicted octanol–water partition coefficient (Wildman–Crippen LogP) is 2.55. The summed E-state index contributed by atoms with van der Waals surface area (Å²) in [6.07, 6.45) is -1.88. The van der Waals surface area contributed by atoms with E-state index in [9.17, 15) is 27.4 Å². The summed E-state index contributed by atoms with van der Waals surface area (Å²) in [5, 5.41) is 15.5. The van der Waals surface area contributed by atoms with Crippen LogP contribution in [-0.4, -0.2) is 51.2 Å². The van der Waals surface area contributed by atoms with Gasteiger partial charge in [0.05, 0.1) is 12.6 Å². The molecular formula is C17H18ClF3N5O3S+. The Labute approximate surface area is 177 Å². The lowest BCUT2D eigenvalue weighted by Gasteiger charge is -2.17. The van der Waals surface area contributed by atoms with Gasteiger partial charge in [-0.2, -0.15) is 23.0 Å². The van der Waals surface area contributed by atoms with E-state index in [1.807, 2.05) is 0 Å². The van der Waals surface area contributed by atoms with E-state index in [4.69, 9.17) is 11.6 Å². The van der Waals surface area contributed by atoms with E-state index in [2.05, 4.69) is 16.0 Å². The van der Waals surface area contributed by atoms with Crippen molar-refractivity contribution >= 4 is 34.0 Å². The molecule has 0 radical (unpaired) electrons. The van der Waals surface area contributed by atoms with E-state index in [-0.39, 0.29) is 29.6 Å². The number of anilines is 1. The minimum atomic E-state index is -4.40. The van der Waals surface area contributed by atoms with Crippen LogP contribution in [0.3, 0.4) is 0 Å². The SMILES string of the molecule is C[N+]#CCN(C(=O)CCS(=O)CCC(F)(F)F)c1cn(-c2ccc[n+]([O-])c2)nc1Cl. The third-order valence-electron chi connectivity index (χ3n) is 3.81. The van der Waals surface area contributed by atoms with Gasteiger partial charge in [-0.25, -0.2) is 4.68 Å². The van der Waals surface area contributed by atoms with Crippen LogP contribution in [0.15, 0.2) is 30.7 Å². The van der Waals surface area contributed by atoms with Crippen LogP contribution in [0.25, 0.3) is 10.5 Å². The molecule has 0 aliphatic carbocycles. The fourth-order valence-electron chi connectivity index (χ4n) is 2.35. The van der Waals surface area contributed by atoms with E-state index >= 15 is 0 Å². The normalized spacial score (nSPS) is 12.2. The van der Waals surface area contributed by atoms with Gasteiger partial charge < -0.3 is 5.21 Å². The molecule has 8 nitrogen and oxygen atoms in total. The van der Waals surface area contributed by atoms with E-state index in [1.165, 1.54) is 41.3 Å². The molecule has 0 bridgehead atoms.